The maximum atomic E-state index is 11.8. The summed E-state index contributed by atoms with van der Waals surface area (Å²) in [5.74, 6) is 0. The Morgan fingerprint density at radius 1 is 0.895 bits per heavy atom. The van der Waals surface area contributed by atoms with Crippen molar-refractivity contribution in [1.82, 2.24) is 14.1 Å². The predicted molar refractivity (Wildman–Crippen MR) is 61.8 cm³/mol. The Kier molecular flexibility index (Phi) is 5.18. The van der Waals surface area contributed by atoms with Gasteiger partial charge in [-0.3, -0.25) is 4.98 Å². The minimum absolute atomic E-state index is 0.500. The van der Waals surface area contributed by atoms with Gasteiger partial charge >= 0.3 is 17.1 Å². The summed E-state index contributed by atoms with van der Waals surface area (Å²) in [5, 5.41) is 35.8. The van der Waals surface area contributed by atoms with Crippen molar-refractivity contribution in [3.8, 4) is 0 Å². The van der Waals surface area contributed by atoms with E-state index in [2.05, 4.69) is 0 Å². The largest absolute Gasteiger partial charge is 0.394 e. The molecule has 0 aliphatic rings. The zero-order chi connectivity index (χ0) is 14.6. The van der Waals surface area contributed by atoms with Crippen molar-refractivity contribution in [1.29, 1.82) is 0 Å². The molecule has 0 fully saturated rings. The Labute approximate surface area is 105 Å². The fraction of sp³-hybridized carbons (Fsp3) is 0.667. The lowest BCUT2D eigenvalue weighted by molar-refractivity contribution is 0.0720. The van der Waals surface area contributed by atoms with E-state index < -0.39 is 55.6 Å². The van der Waals surface area contributed by atoms with Crippen molar-refractivity contribution in [3.05, 3.63) is 31.5 Å². The highest BCUT2D eigenvalue weighted by Gasteiger charge is 2.15. The van der Waals surface area contributed by atoms with Crippen molar-refractivity contribution in [2.24, 2.45) is 0 Å². The van der Waals surface area contributed by atoms with Gasteiger partial charge in [-0.15, -0.1) is 0 Å². The zero-order valence-corrected chi connectivity index (χ0v) is 9.89. The molecule has 0 amide bonds. The number of aromatic amines is 1. The van der Waals surface area contributed by atoms with Crippen LogP contribution in [0.1, 0.15) is 0 Å². The molecule has 0 spiro atoms. The first-order valence-electron chi connectivity index (χ1n) is 5.42. The average molecular weight is 277 g/mol. The summed E-state index contributed by atoms with van der Waals surface area (Å²) < 4.78 is 1.04. The number of aliphatic hydroxyl groups excluding tert-OH is 4. The molecule has 1 rings (SSSR count). The monoisotopic (exact) mass is 277 g/mol. The van der Waals surface area contributed by atoms with Gasteiger partial charge in [0.2, 0.25) is 0 Å². The smallest absolute Gasteiger partial charge is 0.336 e. The molecular weight excluding hydrogens is 262 g/mol. The average Bonchev–Trinajstić information content (AvgIpc) is 2.38. The van der Waals surface area contributed by atoms with Crippen molar-refractivity contribution in [3.63, 3.8) is 0 Å². The standard InChI is InChI=1S/C9H15N3O7/c13-3-5(15)1-11-7(17)10-8(18)12(9(11)19)2-6(16)4-14/h5-6,13-16H,1-4H2,(H,10,17,18). The van der Waals surface area contributed by atoms with Gasteiger partial charge < -0.3 is 20.4 Å². The normalized spacial score (nSPS) is 14.3. The lowest BCUT2D eigenvalue weighted by Crippen LogP contribution is -2.52. The summed E-state index contributed by atoms with van der Waals surface area (Å²) in [6, 6.07) is 0. The van der Waals surface area contributed by atoms with Crippen molar-refractivity contribution in [2.75, 3.05) is 13.2 Å². The molecule has 0 saturated heterocycles. The van der Waals surface area contributed by atoms with Crippen LogP contribution in [0.3, 0.4) is 0 Å². The van der Waals surface area contributed by atoms with E-state index in [-0.39, 0.29) is 0 Å². The summed E-state index contributed by atoms with van der Waals surface area (Å²) in [7, 11) is 0. The molecule has 5 N–H and O–H groups in total. The lowest BCUT2D eigenvalue weighted by Gasteiger charge is -2.12. The van der Waals surface area contributed by atoms with E-state index >= 15 is 0 Å². The van der Waals surface area contributed by atoms with Crippen LogP contribution in [-0.4, -0.2) is 60.0 Å². The van der Waals surface area contributed by atoms with Crippen LogP contribution in [-0.2, 0) is 13.1 Å². The molecule has 1 heterocycles. The van der Waals surface area contributed by atoms with Gasteiger partial charge in [-0.1, -0.05) is 0 Å². The third-order valence-electron chi connectivity index (χ3n) is 2.37. The van der Waals surface area contributed by atoms with Gasteiger partial charge in [0.15, 0.2) is 0 Å². The highest BCUT2D eigenvalue weighted by Crippen LogP contribution is 1.85. The molecule has 0 radical (unpaired) electrons. The maximum absolute atomic E-state index is 11.8. The Morgan fingerprint density at radius 2 is 1.26 bits per heavy atom. The van der Waals surface area contributed by atoms with Crippen LogP contribution in [0.4, 0.5) is 0 Å². The lowest BCUT2D eigenvalue weighted by atomic mass is 10.3. The number of aromatic nitrogens is 3. The number of rotatable bonds is 6. The molecule has 10 heteroatoms. The molecule has 2 unspecified atom stereocenters. The predicted octanol–water partition coefficient (Wildman–Crippen LogP) is -4.60. The van der Waals surface area contributed by atoms with E-state index in [0.29, 0.717) is 9.13 Å². The highest BCUT2D eigenvalue weighted by molar-refractivity contribution is 4.77. The molecule has 1 aromatic rings. The first-order chi connectivity index (χ1) is 8.90. The summed E-state index contributed by atoms with van der Waals surface area (Å²) >= 11 is 0. The van der Waals surface area contributed by atoms with E-state index in [1.54, 1.807) is 0 Å². The quantitative estimate of drug-likeness (QED) is 0.350. The topological polar surface area (TPSA) is 158 Å². The molecule has 19 heavy (non-hydrogen) atoms. The van der Waals surface area contributed by atoms with E-state index in [1.165, 1.54) is 0 Å². The van der Waals surface area contributed by atoms with Crippen LogP contribution in [0, 0.1) is 0 Å². The highest BCUT2D eigenvalue weighted by atomic mass is 16.3. The van der Waals surface area contributed by atoms with Gasteiger partial charge in [0.05, 0.1) is 38.5 Å². The van der Waals surface area contributed by atoms with Crippen LogP contribution in [0.5, 0.6) is 0 Å². The Morgan fingerprint density at radius 3 is 1.58 bits per heavy atom. The van der Waals surface area contributed by atoms with Gasteiger partial charge in [-0.05, 0) is 0 Å². The number of aliphatic hydroxyl groups is 4. The second-order valence-corrected chi connectivity index (χ2v) is 3.91. The number of hydrogen-bond donors (Lipinski definition) is 5. The fourth-order valence-electron chi connectivity index (χ4n) is 1.40. The number of H-pyrrole nitrogens is 1. The molecule has 108 valence electrons. The van der Waals surface area contributed by atoms with Gasteiger partial charge in [0, 0.05) is 0 Å². The second kappa shape index (κ2) is 6.43. The molecule has 2 atom stereocenters. The van der Waals surface area contributed by atoms with Crippen LogP contribution < -0.4 is 17.1 Å². The second-order valence-electron chi connectivity index (χ2n) is 3.91. The van der Waals surface area contributed by atoms with Crippen LogP contribution in [0.15, 0.2) is 14.4 Å². The molecular formula is C9H15N3O7. The third-order valence-corrected chi connectivity index (χ3v) is 2.37. The van der Waals surface area contributed by atoms with E-state index in [4.69, 9.17) is 10.2 Å². The summed E-state index contributed by atoms with van der Waals surface area (Å²) in [6.45, 7) is -2.32. The van der Waals surface area contributed by atoms with Crippen LogP contribution in [0.25, 0.3) is 0 Å². The fourth-order valence-corrected chi connectivity index (χ4v) is 1.40. The van der Waals surface area contributed by atoms with Crippen molar-refractivity contribution < 1.29 is 20.4 Å². The first-order valence-corrected chi connectivity index (χ1v) is 5.42. The molecule has 0 saturated carbocycles. The van der Waals surface area contributed by atoms with Crippen LogP contribution in [0.2, 0.25) is 0 Å². The van der Waals surface area contributed by atoms with E-state index in [0.717, 1.165) is 0 Å². The Balaban J connectivity index is 3.27. The maximum Gasteiger partial charge on any atom is 0.336 e. The minimum Gasteiger partial charge on any atom is -0.394 e. The molecule has 0 aliphatic heterocycles. The minimum atomic E-state index is -1.34. The van der Waals surface area contributed by atoms with Crippen molar-refractivity contribution >= 4 is 0 Å². The van der Waals surface area contributed by atoms with E-state index in [9.17, 15) is 24.6 Å². The zero-order valence-electron chi connectivity index (χ0n) is 9.89. The molecule has 0 bridgehead atoms. The summed E-state index contributed by atoms with van der Waals surface area (Å²) in [6.07, 6.45) is -2.68. The van der Waals surface area contributed by atoms with Crippen molar-refractivity contribution in [2.45, 2.75) is 25.3 Å². The molecule has 10 nitrogen and oxygen atoms in total. The third kappa shape index (κ3) is 3.61. The first kappa shape index (κ1) is 15.3. The van der Waals surface area contributed by atoms with Gasteiger partial charge in [-0.25, -0.2) is 23.5 Å². The molecule has 0 aliphatic carbocycles. The SMILES string of the molecule is O=c1[nH]c(=O)n(CC(O)CO)c(=O)n1CC(O)CO. The van der Waals surface area contributed by atoms with Gasteiger partial charge in [-0.2, -0.15) is 0 Å². The summed E-state index contributed by atoms with van der Waals surface area (Å²) in [5.41, 5.74) is -3.11. The number of nitrogens with one attached hydrogen (secondary N) is 1. The Hall–Kier alpha value is -1.75. The van der Waals surface area contributed by atoms with Gasteiger partial charge in [0.1, 0.15) is 0 Å². The molecule has 1 aromatic heterocycles. The Bertz CT molecular complexity index is 539. The van der Waals surface area contributed by atoms with E-state index in [1.807, 2.05) is 4.98 Å². The number of nitrogens with zero attached hydrogens (tertiary/aromatic N) is 2. The number of hydrogen-bond acceptors (Lipinski definition) is 7. The molecule has 0 aromatic carbocycles. The van der Waals surface area contributed by atoms with Gasteiger partial charge in [0.25, 0.3) is 0 Å². The summed E-state index contributed by atoms with van der Waals surface area (Å²) in [4.78, 5) is 36.5. The van der Waals surface area contributed by atoms with Crippen LogP contribution >= 0.6 is 0 Å².